The van der Waals surface area contributed by atoms with Gasteiger partial charge in [-0.15, -0.1) is 0 Å². The highest BCUT2D eigenvalue weighted by molar-refractivity contribution is 6.33. The average Bonchev–Trinajstić information content (AvgIpc) is 3.13. The van der Waals surface area contributed by atoms with Gasteiger partial charge in [0.1, 0.15) is 34.7 Å². The molecular weight excluding hydrogens is 443 g/mol. The van der Waals surface area contributed by atoms with Crippen LogP contribution in [0.2, 0.25) is 5.02 Å². The molecule has 9 heteroatoms. The van der Waals surface area contributed by atoms with Crippen molar-refractivity contribution in [2.75, 3.05) is 24.3 Å². The fourth-order valence-corrected chi connectivity index (χ4v) is 4.52. The van der Waals surface area contributed by atoms with E-state index in [0.29, 0.717) is 35.1 Å². The topological polar surface area (TPSA) is 79.1 Å². The summed E-state index contributed by atoms with van der Waals surface area (Å²) in [5, 5.41) is 11.6. The summed E-state index contributed by atoms with van der Waals surface area (Å²) < 4.78 is 19.8. The van der Waals surface area contributed by atoms with Gasteiger partial charge in [0.2, 0.25) is 0 Å². The van der Waals surface area contributed by atoms with E-state index in [1.54, 1.807) is 12.1 Å². The number of hydrogen-bond acceptors (Lipinski definition) is 7. The minimum Gasteiger partial charge on any atom is -0.367 e. The van der Waals surface area contributed by atoms with Crippen LogP contribution >= 0.6 is 11.6 Å². The molecule has 1 aliphatic rings. The minimum atomic E-state index is -0.402. The highest BCUT2D eigenvalue weighted by Crippen LogP contribution is 2.33. The van der Waals surface area contributed by atoms with Crippen LogP contribution < -0.4 is 15.5 Å². The third-order valence-electron chi connectivity index (χ3n) is 6.11. The molecule has 1 aromatic carbocycles. The molecule has 2 heterocycles. The summed E-state index contributed by atoms with van der Waals surface area (Å²) in [5.74, 6) is 2.79. The van der Waals surface area contributed by atoms with Crippen molar-refractivity contribution in [1.29, 1.82) is 0 Å². The molecule has 1 saturated carbocycles. The summed E-state index contributed by atoms with van der Waals surface area (Å²) in [6, 6.07) is 7.36. The second-order valence-electron chi connectivity index (χ2n) is 8.79. The molecule has 176 valence electrons. The van der Waals surface area contributed by atoms with Crippen LogP contribution in [0.15, 0.2) is 28.8 Å². The molecule has 0 atom stereocenters. The Hall–Kier alpha value is -2.71. The number of nitrogens with zero attached hydrogens (tertiary/aromatic N) is 4. The summed E-state index contributed by atoms with van der Waals surface area (Å²) in [4.78, 5) is 11.0. The number of hydrogen-bond donors (Lipinski definition) is 2. The number of halogens is 2. The maximum absolute atomic E-state index is 14.4. The molecule has 3 aromatic rings. The van der Waals surface area contributed by atoms with Gasteiger partial charge in [0.15, 0.2) is 0 Å². The van der Waals surface area contributed by atoms with E-state index < -0.39 is 5.82 Å². The summed E-state index contributed by atoms with van der Waals surface area (Å²) >= 11 is 6.25. The average molecular weight is 473 g/mol. The maximum atomic E-state index is 14.4. The number of nitrogens with one attached hydrogen (secondary N) is 2. The molecule has 33 heavy (non-hydrogen) atoms. The van der Waals surface area contributed by atoms with Crippen LogP contribution in [0.4, 0.5) is 16.0 Å². The molecule has 4 rings (SSSR count). The second kappa shape index (κ2) is 10.1. The zero-order chi connectivity index (χ0) is 23.5. The third-order valence-corrected chi connectivity index (χ3v) is 6.43. The van der Waals surface area contributed by atoms with Crippen molar-refractivity contribution >= 4 is 23.2 Å². The van der Waals surface area contributed by atoms with E-state index >= 15 is 0 Å². The number of benzene rings is 1. The summed E-state index contributed by atoms with van der Waals surface area (Å²) in [7, 11) is 3.95. The normalized spacial score (nSPS) is 18.4. The van der Waals surface area contributed by atoms with E-state index in [1.165, 1.54) is 6.07 Å². The predicted molar refractivity (Wildman–Crippen MR) is 129 cm³/mol. The molecule has 0 radical (unpaired) electrons. The SMILES string of the molecule is Cc1nc(NC2CCC(NCc3c(-c4c(F)cccc4Cl)noc3C)CC2)cc(N(C)C)n1. The Morgan fingerprint density at radius 3 is 2.55 bits per heavy atom. The van der Waals surface area contributed by atoms with Crippen LogP contribution in [-0.2, 0) is 6.54 Å². The van der Waals surface area contributed by atoms with Crippen LogP contribution in [0.25, 0.3) is 11.3 Å². The van der Waals surface area contributed by atoms with Crippen LogP contribution in [-0.4, -0.2) is 41.3 Å². The first-order chi connectivity index (χ1) is 15.8. The van der Waals surface area contributed by atoms with Gasteiger partial charge in [-0.1, -0.05) is 22.8 Å². The first-order valence-corrected chi connectivity index (χ1v) is 11.6. The van der Waals surface area contributed by atoms with Crippen molar-refractivity contribution in [3.8, 4) is 11.3 Å². The molecule has 0 bridgehead atoms. The molecule has 0 unspecified atom stereocenters. The van der Waals surface area contributed by atoms with E-state index in [4.69, 9.17) is 16.1 Å². The van der Waals surface area contributed by atoms with Crippen LogP contribution in [0.5, 0.6) is 0 Å². The van der Waals surface area contributed by atoms with E-state index in [2.05, 4.69) is 25.8 Å². The Balaban J connectivity index is 1.35. The fourth-order valence-electron chi connectivity index (χ4n) is 4.27. The number of rotatable bonds is 7. The van der Waals surface area contributed by atoms with Gasteiger partial charge in [0.05, 0.1) is 10.6 Å². The van der Waals surface area contributed by atoms with Gasteiger partial charge in [-0.3, -0.25) is 0 Å². The number of aromatic nitrogens is 3. The van der Waals surface area contributed by atoms with Crippen LogP contribution in [0.1, 0.15) is 42.8 Å². The van der Waals surface area contributed by atoms with E-state index in [0.717, 1.165) is 48.7 Å². The molecule has 1 aliphatic carbocycles. The van der Waals surface area contributed by atoms with Crippen molar-refractivity contribution in [1.82, 2.24) is 20.4 Å². The van der Waals surface area contributed by atoms with Crippen LogP contribution in [0, 0.1) is 19.7 Å². The fraction of sp³-hybridized carbons (Fsp3) is 0.458. The van der Waals surface area contributed by atoms with E-state index in [1.807, 2.05) is 38.9 Å². The van der Waals surface area contributed by atoms with Gasteiger partial charge in [0, 0.05) is 44.4 Å². The van der Waals surface area contributed by atoms with Gasteiger partial charge in [-0.05, 0) is 51.7 Å². The van der Waals surface area contributed by atoms with Gasteiger partial charge in [-0.2, -0.15) is 0 Å². The molecule has 0 aliphatic heterocycles. The monoisotopic (exact) mass is 472 g/mol. The van der Waals surface area contributed by atoms with Gasteiger partial charge < -0.3 is 20.1 Å². The Bertz CT molecular complexity index is 1090. The largest absolute Gasteiger partial charge is 0.367 e. The summed E-state index contributed by atoms with van der Waals surface area (Å²) in [5.41, 5.74) is 1.60. The van der Waals surface area contributed by atoms with Crippen molar-refractivity contribution < 1.29 is 8.91 Å². The lowest BCUT2D eigenvalue weighted by Gasteiger charge is -2.30. The zero-order valence-electron chi connectivity index (χ0n) is 19.5. The molecular formula is C24H30ClFN6O. The lowest BCUT2D eigenvalue weighted by Crippen LogP contribution is -2.37. The Labute approximate surface area is 198 Å². The number of anilines is 2. The van der Waals surface area contributed by atoms with Crippen molar-refractivity contribution in [3.05, 3.63) is 52.3 Å². The highest BCUT2D eigenvalue weighted by Gasteiger charge is 2.24. The molecule has 2 aromatic heterocycles. The maximum Gasteiger partial charge on any atom is 0.138 e. The lowest BCUT2D eigenvalue weighted by molar-refractivity contribution is 0.350. The van der Waals surface area contributed by atoms with Gasteiger partial charge in [-0.25, -0.2) is 14.4 Å². The van der Waals surface area contributed by atoms with Crippen molar-refractivity contribution in [3.63, 3.8) is 0 Å². The number of aryl methyl sites for hydroxylation is 2. The molecule has 0 amide bonds. The zero-order valence-corrected chi connectivity index (χ0v) is 20.2. The van der Waals surface area contributed by atoms with Crippen molar-refractivity contribution in [2.24, 2.45) is 0 Å². The molecule has 1 fully saturated rings. The smallest absolute Gasteiger partial charge is 0.138 e. The summed E-state index contributed by atoms with van der Waals surface area (Å²) in [6.45, 7) is 4.30. The first-order valence-electron chi connectivity index (χ1n) is 11.2. The van der Waals surface area contributed by atoms with Gasteiger partial charge in [0.25, 0.3) is 0 Å². The Morgan fingerprint density at radius 2 is 1.85 bits per heavy atom. The Morgan fingerprint density at radius 1 is 1.12 bits per heavy atom. The van der Waals surface area contributed by atoms with Crippen molar-refractivity contribution in [2.45, 2.75) is 58.2 Å². The lowest BCUT2D eigenvalue weighted by atomic mass is 9.91. The summed E-state index contributed by atoms with van der Waals surface area (Å²) in [6.07, 6.45) is 4.13. The predicted octanol–water partition coefficient (Wildman–Crippen LogP) is 5.12. The third kappa shape index (κ3) is 5.45. The quantitative estimate of drug-likeness (QED) is 0.494. The van der Waals surface area contributed by atoms with Crippen LogP contribution in [0.3, 0.4) is 0 Å². The van der Waals surface area contributed by atoms with E-state index in [9.17, 15) is 4.39 Å². The standard InChI is InChI=1S/C24H30ClFN6O/c1-14-18(24(31-33-14)23-19(25)6-5-7-20(23)26)13-27-16-8-10-17(11-9-16)30-21-12-22(32(3)4)29-15(2)28-21/h5-7,12,16-17,27H,8-11,13H2,1-4H3,(H,28,29,30). The van der Waals surface area contributed by atoms with E-state index in [-0.39, 0.29) is 5.56 Å². The minimum absolute atomic E-state index is 0.290. The molecule has 0 saturated heterocycles. The Kier molecular flexibility index (Phi) is 7.14. The second-order valence-corrected chi connectivity index (χ2v) is 9.20. The molecule has 7 nitrogen and oxygen atoms in total. The molecule has 2 N–H and O–H groups in total. The molecule has 0 spiro atoms. The highest BCUT2D eigenvalue weighted by atomic mass is 35.5. The van der Waals surface area contributed by atoms with Gasteiger partial charge >= 0.3 is 0 Å². The first kappa shape index (κ1) is 23.4.